The van der Waals surface area contributed by atoms with Gasteiger partial charge in [-0.3, -0.25) is 14.6 Å². The summed E-state index contributed by atoms with van der Waals surface area (Å²) in [4.78, 5) is 31.4. The van der Waals surface area contributed by atoms with E-state index >= 15 is 0 Å². The molecule has 2 aromatic carbocycles. The number of hydrogen-bond donors (Lipinski definition) is 1. The molecule has 0 aromatic heterocycles. The fraction of sp³-hybridized carbons (Fsp3) is 0.348. The maximum atomic E-state index is 12.9. The van der Waals surface area contributed by atoms with Crippen LogP contribution in [-0.2, 0) is 16.0 Å². The quantitative estimate of drug-likeness (QED) is 0.726. The predicted molar refractivity (Wildman–Crippen MR) is 115 cm³/mol. The van der Waals surface area contributed by atoms with Gasteiger partial charge in [-0.1, -0.05) is 36.4 Å². The number of benzene rings is 2. The lowest BCUT2D eigenvalue weighted by Crippen LogP contribution is -2.48. The molecule has 7 nitrogen and oxygen atoms in total. The summed E-state index contributed by atoms with van der Waals surface area (Å²) >= 11 is 0. The van der Waals surface area contributed by atoms with Crippen molar-refractivity contribution in [2.75, 3.05) is 27.3 Å². The van der Waals surface area contributed by atoms with E-state index in [2.05, 4.69) is 10.3 Å². The van der Waals surface area contributed by atoms with Gasteiger partial charge in [0.25, 0.3) is 5.91 Å². The molecule has 158 valence electrons. The lowest BCUT2D eigenvalue weighted by atomic mass is 10.1. The molecule has 0 saturated carbocycles. The minimum Gasteiger partial charge on any atom is -0.493 e. The van der Waals surface area contributed by atoms with Gasteiger partial charge >= 0.3 is 0 Å². The van der Waals surface area contributed by atoms with Crippen molar-refractivity contribution in [1.29, 1.82) is 0 Å². The largest absolute Gasteiger partial charge is 0.493 e. The molecule has 0 aliphatic carbocycles. The fourth-order valence-corrected chi connectivity index (χ4v) is 3.39. The van der Waals surface area contributed by atoms with Crippen LogP contribution in [0.5, 0.6) is 11.5 Å². The van der Waals surface area contributed by atoms with Gasteiger partial charge in [0.15, 0.2) is 11.5 Å². The summed E-state index contributed by atoms with van der Waals surface area (Å²) in [5.41, 5.74) is 1.38. The Balaban J connectivity index is 1.57. The van der Waals surface area contributed by atoms with Gasteiger partial charge in [0.05, 0.1) is 14.2 Å². The van der Waals surface area contributed by atoms with Gasteiger partial charge in [-0.15, -0.1) is 0 Å². The van der Waals surface area contributed by atoms with E-state index < -0.39 is 5.66 Å². The van der Waals surface area contributed by atoms with Crippen molar-refractivity contribution < 1.29 is 19.1 Å². The molecule has 1 N–H and O–H groups in total. The standard InChI is InChI=1S/C23H27N3O4/c1-23(2)25-21(17-8-6-5-7-9-17)22(28)26(23)15-20(27)24-13-12-16-10-11-18(29-3)19(14-16)30-4/h5-11,14H,12-13,15H2,1-4H3,(H,24,27). The van der Waals surface area contributed by atoms with E-state index in [0.29, 0.717) is 30.2 Å². The minimum absolute atomic E-state index is 0.0440. The van der Waals surface area contributed by atoms with Gasteiger partial charge < -0.3 is 19.7 Å². The highest BCUT2D eigenvalue weighted by Gasteiger charge is 2.41. The molecule has 3 rings (SSSR count). The maximum absolute atomic E-state index is 12.9. The Morgan fingerprint density at radius 1 is 1.07 bits per heavy atom. The fourth-order valence-electron chi connectivity index (χ4n) is 3.39. The summed E-state index contributed by atoms with van der Waals surface area (Å²) in [6.45, 7) is 4.07. The van der Waals surface area contributed by atoms with Crippen LogP contribution in [0, 0.1) is 0 Å². The van der Waals surface area contributed by atoms with Crippen molar-refractivity contribution in [2.45, 2.75) is 25.9 Å². The molecule has 30 heavy (non-hydrogen) atoms. The first kappa shape index (κ1) is 21.4. The van der Waals surface area contributed by atoms with Gasteiger partial charge in [0.1, 0.15) is 17.9 Å². The Morgan fingerprint density at radius 3 is 2.43 bits per heavy atom. The number of methoxy groups -OCH3 is 2. The number of aliphatic imine (C=N–C) groups is 1. The zero-order chi connectivity index (χ0) is 21.7. The van der Waals surface area contributed by atoms with Crippen molar-refractivity contribution >= 4 is 17.5 Å². The van der Waals surface area contributed by atoms with Crippen LogP contribution in [0.1, 0.15) is 25.0 Å². The molecular weight excluding hydrogens is 382 g/mol. The van der Waals surface area contributed by atoms with E-state index in [4.69, 9.17) is 9.47 Å². The number of amides is 2. The summed E-state index contributed by atoms with van der Waals surface area (Å²) in [6.07, 6.45) is 0.634. The molecule has 1 aliphatic rings. The second-order valence-corrected chi connectivity index (χ2v) is 7.50. The van der Waals surface area contributed by atoms with E-state index in [1.165, 1.54) is 4.90 Å². The SMILES string of the molecule is COc1ccc(CCNC(=O)CN2C(=O)C(c3ccccc3)=NC2(C)C)cc1OC. The molecule has 0 spiro atoms. The summed E-state index contributed by atoms with van der Waals surface area (Å²) in [5, 5.41) is 2.88. The van der Waals surface area contributed by atoms with Crippen LogP contribution in [0.15, 0.2) is 53.5 Å². The first-order chi connectivity index (χ1) is 14.4. The summed E-state index contributed by atoms with van der Waals surface area (Å²) < 4.78 is 10.5. The van der Waals surface area contributed by atoms with Crippen LogP contribution < -0.4 is 14.8 Å². The summed E-state index contributed by atoms with van der Waals surface area (Å²) in [5.74, 6) is 0.855. The van der Waals surface area contributed by atoms with Crippen LogP contribution in [0.2, 0.25) is 0 Å². The molecule has 2 aromatic rings. The van der Waals surface area contributed by atoms with Gasteiger partial charge in [-0.05, 0) is 38.0 Å². The zero-order valence-corrected chi connectivity index (χ0v) is 17.8. The Labute approximate surface area is 176 Å². The Morgan fingerprint density at radius 2 is 1.77 bits per heavy atom. The Bertz CT molecular complexity index is 954. The van der Waals surface area contributed by atoms with Crippen LogP contribution >= 0.6 is 0 Å². The van der Waals surface area contributed by atoms with Gasteiger partial charge in [0, 0.05) is 12.1 Å². The van der Waals surface area contributed by atoms with Crippen LogP contribution in [0.25, 0.3) is 0 Å². The number of rotatable bonds is 8. The number of ether oxygens (including phenoxy) is 2. The van der Waals surface area contributed by atoms with E-state index in [1.807, 2.05) is 62.4 Å². The second kappa shape index (κ2) is 8.98. The third kappa shape index (κ3) is 4.62. The number of nitrogens with one attached hydrogen (secondary N) is 1. The molecule has 0 fully saturated rings. The Hall–Kier alpha value is -3.35. The monoisotopic (exact) mass is 409 g/mol. The molecule has 0 unspecified atom stereocenters. The van der Waals surface area contributed by atoms with Crippen LogP contribution in [0.4, 0.5) is 0 Å². The smallest absolute Gasteiger partial charge is 0.275 e. The average Bonchev–Trinajstić information content (AvgIpc) is 2.97. The maximum Gasteiger partial charge on any atom is 0.275 e. The van der Waals surface area contributed by atoms with E-state index in [-0.39, 0.29) is 18.4 Å². The lowest BCUT2D eigenvalue weighted by molar-refractivity contribution is -0.133. The third-order valence-corrected chi connectivity index (χ3v) is 5.03. The molecule has 7 heteroatoms. The third-order valence-electron chi connectivity index (χ3n) is 5.03. The highest BCUT2D eigenvalue weighted by atomic mass is 16.5. The van der Waals surface area contributed by atoms with Crippen molar-refractivity contribution in [3.8, 4) is 11.5 Å². The molecule has 1 heterocycles. The van der Waals surface area contributed by atoms with Crippen LogP contribution in [-0.4, -0.2) is 55.4 Å². The first-order valence-corrected chi connectivity index (χ1v) is 9.80. The summed E-state index contributed by atoms with van der Waals surface area (Å²) in [6, 6.07) is 15.0. The average molecular weight is 409 g/mol. The Kier molecular flexibility index (Phi) is 6.40. The first-order valence-electron chi connectivity index (χ1n) is 9.80. The number of carbonyl (C=O) groups is 2. The van der Waals surface area contributed by atoms with Crippen LogP contribution in [0.3, 0.4) is 0 Å². The molecule has 0 bridgehead atoms. The van der Waals surface area contributed by atoms with E-state index in [0.717, 1.165) is 11.1 Å². The molecule has 0 saturated heterocycles. The zero-order valence-electron chi connectivity index (χ0n) is 17.8. The molecule has 0 atom stereocenters. The summed E-state index contributed by atoms with van der Waals surface area (Å²) in [7, 11) is 3.18. The van der Waals surface area contributed by atoms with E-state index in [1.54, 1.807) is 14.2 Å². The second-order valence-electron chi connectivity index (χ2n) is 7.50. The molecule has 0 radical (unpaired) electrons. The topological polar surface area (TPSA) is 80.2 Å². The number of hydrogen-bond acceptors (Lipinski definition) is 5. The highest BCUT2D eigenvalue weighted by molar-refractivity contribution is 6.46. The minimum atomic E-state index is -0.775. The van der Waals surface area contributed by atoms with Gasteiger partial charge in [-0.2, -0.15) is 0 Å². The highest BCUT2D eigenvalue weighted by Crippen LogP contribution is 2.28. The molecule has 1 aliphatic heterocycles. The lowest BCUT2D eigenvalue weighted by Gasteiger charge is -2.28. The van der Waals surface area contributed by atoms with Gasteiger partial charge in [-0.25, -0.2) is 0 Å². The van der Waals surface area contributed by atoms with Crippen molar-refractivity contribution in [3.63, 3.8) is 0 Å². The van der Waals surface area contributed by atoms with Crippen molar-refractivity contribution in [2.24, 2.45) is 4.99 Å². The van der Waals surface area contributed by atoms with Crippen molar-refractivity contribution in [1.82, 2.24) is 10.2 Å². The molecular formula is C23H27N3O4. The predicted octanol–water partition coefficient (Wildman–Crippen LogP) is 2.43. The van der Waals surface area contributed by atoms with E-state index in [9.17, 15) is 9.59 Å². The normalized spacial score (nSPS) is 15.0. The van der Waals surface area contributed by atoms with Crippen molar-refractivity contribution in [3.05, 3.63) is 59.7 Å². The molecule has 2 amide bonds. The number of nitrogens with zero attached hydrogens (tertiary/aromatic N) is 2. The number of carbonyl (C=O) groups excluding carboxylic acids is 2. The van der Waals surface area contributed by atoms with Gasteiger partial charge in [0.2, 0.25) is 5.91 Å².